The van der Waals surface area contributed by atoms with Crippen molar-refractivity contribution in [3.05, 3.63) is 29.3 Å². The molecule has 3 aliphatic rings. The molecule has 4 rings (SSSR count). The van der Waals surface area contributed by atoms with Crippen LogP contribution in [0, 0.1) is 0 Å². The summed E-state index contributed by atoms with van der Waals surface area (Å²) in [6.07, 6.45) is -0.208. The summed E-state index contributed by atoms with van der Waals surface area (Å²) in [5, 5.41) is 2.18. The standard InChI is InChI=1S/C24H30N4O7/c1-24(2,3)35-23(33)27-10-9-26(4)14(12-27)13-34-15-5-6-16-17(11-15)22(32)28(21(16)31)18-7-8-19(29)25-20(18)30/h5-6,11,14,18H,7-10,12-13H2,1-4H3,(H,25,29,30). The van der Waals surface area contributed by atoms with Crippen molar-refractivity contribution in [1.82, 2.24) is 20.0 Å². The molecule has 0 saturated carbocycles. The van der Waals surface area contributed by atoms with Crippen LogP contribution in [-0.2, 0) is 14.3 Å². The molecule has 188 valence electrons. The van der Waals surface area contributed by atoms with E-state index in [4.69, 9.17) is 9.47 Å². The van der Waals surface area contributed by atoms with E-state index in [0.717, 1.165) is 4.90 Å². The van der Waals surface area contributed by atoms with Crippen LogP contribution in [0.1, 0.15) is 54.3 Å². The van der Waals surface area contributed by atoms with Crippen LogP contribution in [0.2, 0.25) is 0 Å². The summed E-state index contributed by atoms with van der Waals surface area (Å²) in [5.74, 6) is -1.82. The second-order valence-corrected chi connectivity index (χ2v) is 10.0. The van der Waals surface area contributed by atoms with E-state index in [1.54, 1.807) is 11.0 Å². The molecule has 2 fully saturated rings. The predicted octanol–water partition coefficient (Wildman–Crippen LogP) is 1.02. The number of amides is 5. The number of piperazine rings is 1. The number of imide groups is 2. The molecular formula is C24H30N4O7. The van der Waals surface area contributed by atoms with Crippen LogP contribution in [0.15, 0.2) is 18.2 Å². The smallest absolute Gasteiger partial charge is 0.410 e. The summed E-state index contributed by atoms with van der Waals surface area (Å²) in [6.45, 7) is 7.36. The van der Waals surface area contributed by atoms with Crippen LogP contribution in [0.25, 0.3) is 0 Å². The first-order chi connectivity index (χ1) is 16.4. The van der Waals surface area contributed by atoms with Gasteiger partial charge in [0.15, 0.2) is 0 Å². The van der Waals surface area contributed by atoms with E-state index in [2.05, 4.69) is 10.2 Å². The first kappa shape index (κ1) is 24.6. The van der Waals surface area contributed by atoms with Gasteiger partial charge in [-0.05, 0) is 52.4 Å². The van der Waals surface area contributed by atoms with E-state index in [0.29, 0.717) is 25.4 Å². The molecule has 1 aromatic carbocycles. The maximum Gasteiger partial charge on any atom is 0.410 e. The van der Waals surface area contributed by atoms with Crippen molar-refractivity contribution in [2.24, 2.45) is 0 Å². The zero-order valence-corrected chi connectivity index (χ0v) is 20.3. The van der Waals surface area contributed by atoms with Gasteiger partial charge in [0.05, 0.1) is 17.2 Å². The van der Waals surface area contributed by atoms with Gasteiger partial charge in [-0.15, -0.1) is 0 Å². The Balaban J connectivity index is 1.42. The molecule has 11 nitrogen and oxygen atoms in total. The van der Waals surface area contributed by atoms with E-state index < -0.39 is 35.3 Å². The van der Waals surface area contributed by atoms with E-state index in [1.165, 1.54) is 12.1 Å². The SMILES string of the molecule is CN1CCN(C(=O)OC(C)(C)C)CC1COc1ccc2c(c1)C(=O)N(C1CCC(=O)NC1=O)C2=O. The first-order valence-electron chi connectivity index (χ1n) is 11.6. The number of fused-ring (bicyclic) bond motifs is 1. The molecule has 5 amide bonds. The Bertz CT molecular complexity index is 1080. The quantitative estimate of drug-likeness (QED) is 0.626. The largest absolute Gasteiger partial charge is 0.492 e. The minimum atomic E-state index is -1.01. The lowest BCUT2D eigenvalue weighted by Gasteiger charge is -2.39. The number of hydrogen-bond acceptors (Lipinski definition) is 8. The van der Waals surface area contributed by atoms with Crippen molar-refractivity contribution in [2.45, 2.75) is 51.3 Å². The fourth-order valence-corrected chi connectivity index (χ4v) is 4.35. The Labute approximate surface area is 203 Å². The number of ether oxygens (including phenoxy) is 2. The highest BCUT2D eigenvalue weighted by molar-refractivity contribution is 6.23. The molecule has 3 aliphatic heterocycles. The Kier molecular flexibility index (Phi) is 6.54. The molecule has 1 aromatic rings. The lowest BCUT2D eigenvalue weighted by Crippen LogP contribution is -2.56. The molecule has 0 radical (unpaired) electrons. The summed E-state index contributed by atoms with van der Waals surface area (Å²) in [7, 11) is 1.95. The number of carbonyl (C=O) groups excluding carboxylic acids is 5. The number of likely N-dealkylation sites (N-methyl/N-ethyl adjacent to an activating group) is 1. The molecule has 0 aromatic heterocycles. The number of piperidine rings is 1. The number of hydrogen-bond donors (Lipinski definition) is 1. The Morgan fingerprint density at radius 1 is 1.09 bits per heavy atom. The lowest BCUT2D eigenvalue weighted by atomic mass is 10.0. The minimum absolute atomic E-state index is 0.0629. The van der Waals surface area contributed by atoms with Gasteiger partial charge in [-0.1, -0.05) is 0 Å². The van der Waals surface area contributed by atoms with E-state index in [9.17, 15) is 24.0 Å². The second kappa shape index (κ2) is 9.29. The van der Waals surface area contributed by atoms with Crippen molar-refractivity contribution < 1.29 is 33.4 Å². The van der Waals surface area contributed by atoms with Crippen LogP contribution >= 0.6 is 0 Å². The molecule has 35 heavy (non-hydrogen) atoms. The van der Waals surface area contributed by atoms with E-state index in [-0.39, 0.29) is 42.7 Å². The predicted molar refractivity (Wildman–Crippen MR) is 123 cm³/mol. The fraction of sp³-hybridized carbons (Fsp3) is 0.542. The molecule has 2 atom stereocenters. The van der Waals surface area contributed by atoms with Gasteiger partial charge in [0.25, 0.3) is 11.8 Å². The van der Waals surface area contributed by atoms with Gasteiger partial charge in [-0.3, -0.25) is 34.3 Å². The normalized spacial score (nSPS) is 23.3. The average molecular weight is 487 g/mol. The Hall–Kier alpha value is -3.47. The van der Waals surface area contributed by atoms with Crippen molar-refractivity contribution in [2.75, 3.05) is 33.3 Å². The van der Waals surface area contributed by atoms with E-state index >= 15 is 0 Å². The third-order valence-corrected chi connectivity index (χ3v) is 6.28. The summed E-state index contributed by atoms with van der Waals surface area (Å²) in [6, 6.07) is 3.50. The van der Waals surface area contributed by atoms with Crippen LogP contribution in [0.4, 0.5) is 4.79 Å². The van der Waals surface area contributed by atoms with Crippen molar-refractivity contribution in [3.63, 3.8) is 0 Å². The molecule has 0 spiro atoms. The van der Waals surface area contributed by atoms with Crippen LogP contribution in [0.5, 0.6) is 5.75 Å². The monoisotopic (exact) mass is 486 g/mol. The number of rotatable bonds is 4. The third kappa shape index (κ3) is 5.14. The maximum absolute atomic E-state index is 13.0. The summed E-state index contributed by atoms with van der Waals surface area (Å²) in [5.41, 5.74) is -0.231. The van der Waals surface area contributed by atoms with Crippen molar-refractivity contribution in [3.8, 4) is 5.75 Å². The molecule has 2 saturated heterocycles. The Morgan fingerprint density at radius 3 is 2.49 bits per heavy atom. The van der Waals surface area contributed by atoms with Gasteiger partial charge in [0, 0.05) is 26.1 Å². The molecule has 0 aliphatic carbocycles. The van der Waals surface area contributed by atoms with Gasteiger partial charge in [0.2, 0.25) is 11.8 Å². The van der Waals surface area contributed by atoms with Gasteiger partial charge >= 0.3 is 6.09 Å². The third-order valence-electron chi connectivity index (χ3n) is 6.28. The Morgan fingerprint density at radius 2 is 1.80 bits per heavy atom. The van der Waals surface area contributed by atoms with Gasteiger partial charge < -0.3 is 14.4 Å². The van der Waals surface area contributed by atoms with Crippen LogP contribution in [0.3, 0.4) is 0 Å². The number of carbonyl (C=O) groups is 5. The lowest BCUT2D eigenvalue weighted by molar-refractivity contribution is -0.136. The summed E-state index contributed by atoms with van der Waals surface area (Å²) >= 11 is 0. The highest BCUT2D eigenvalue weighted by atomic mass is 16.6. The average Bonchev–Trinajstić information content (AvgIpc) is 3.02. The molecule has 1 N–H and O–H groups in total. The number of nitrogens with one attached hydrogen (secondary N) is 1. The highest BCUT2D eigenvalue weighted by Gasteiger charge is 2.44. The van der Waals surface area contributed by atoms with Gasteiger partial charge in [0.1, 0.15) is 24.0 Å². The second-order valence-electron chi connectivity index (χ2n) is 10.0. The zero-order chi connectivity index (χ0) is 25.5. The van der Waals surface area contributed by atoms with Gasteiger partial charge in [-0.2, -0.15) is 0 Å². The molecule has 3 heterocycles. The van der Waals surface area contributed by atoms with Crippen molar-refractivity contribution >= 4 is 29.7 Å². The van der Waals surface area contributed by atoms with Crippen LogP contribution < -0.4 is 10.1 Å². The van der Waals surface area contributed by atoms with E-state index in [1.807, 2.05) is 27.8 Å². The molecule has 0 bridgehead atoms. The maximum atomic E-state index is 13.0. The van der Waals surface area contributed by atoms with Crippen LogP contribution in [-0.4, -0.2) is 95.4 Å². The van der Waals surface area contributed by atoms with Crippen molar-refractivity contribution in [1.29, 1.82) is 0 Å². The first-order valence-corrected chi connectivity index (χ1v) is 11.6. The molecular weight excluding hydrogens is 456 g/mol. The number of nitrogens with zero attached hydrogens (tertiary/aromatic N) is 3. The summed E-state index contributed by atoms with van der Waals surface area (Å²) < 4.78 is 11.4. The molecule has 11 heteroatoms. The summed E-state index contributed by atoms with van der Waals surface area (Å²) in [4.78, 5) is 66.6. The fourth-order valence-electron chi connectivity index (χ4n) is 4.35. The number of benzene rings is 1. The molecule has 2 unspecified atom stereocenters. The topological polar surface area (TPSA) is 126 Å². The zero-order valence-electron chi connectivity index (χ0n) is 20.3. The highest BCUT2D eigenvalue weighted by Crippen LogP contribution is 2.30. The van der Waals surface area contributed by atoms with Gasteiger partial charge in [-0.25, -0.2) is 4.79 Å². The minimum Gasteiger partial charge on any atom is -0.492 e.